The molecule has 0 amide bonds. The van der Waals surface area contributed by atoms with Crippen molar-refractivity contribution in [1.29, 1.82) is 0 Å². The molecule has 12 heavy (non-hydrogen) atoms. The highest BCUT2D eigenvalue weighted by Crippen LogP contribution is 2.06. The van der Waals surface area contributed by atoms with E-state index in [2.05, 4.69) is 22.6 Å². The molecule has 4 heteroatoms. The molecule has 0 aliphatic rings. The van der Waals surface area contributed by atoms with Crippen molar-refractivity contribution >= 4 is 28.6 Å². The fraction of sp³-hybridized carbons (Fsp3) is 0.875. The molecule has 0 aliphatic heterocycles. The lowest BCUT2D eigenvalue weighted by Gasteiger charge is -2.04. The van der Waals surface area contributed by atoms with Crippen LogP contribution in [0.1, 0.15) is 32.1 Å². The van der Waals surface area contributed by atoms with E-state index in [-0.39, 0.29) is 0 Å². The quantitative estimate of drug-likeness (QED) is 0.426. The summed E-state index contributed by atoms with van der Waals surface area (Å²) in [6.45, 7) is 0. The van der Waals surface area contributed by atoms with Gasteiger partial charge in [-0.2, -0.15) is 0 Å². The van der Waals surface area contributed by atoms with E-state index in [1.54, 1.807) is 0 Å². The third kappa shape index (κ3) is 6.84. The lowest BCUT2D eigenvalue weighted by Crippen LogP contribution is -2.29. The highest BCUT2D eigenvalue weighted by Gasteiger charge is 2.09. The second-order valence-electron chi connectivity index (χ2n) is 2.84. The highest BCUT2D eigenvalue weighted by molar-refractivity contribution is 14.1. The van der Waals surface area contributed by atoms with Crippen LogP contribution in [-0.2, 0) is 4.79 Å². The van der Waals surface area contributed by atoms with Gasteiger partial charge in [-0.3, -0.25) is 4.79 Å². The molecule has 0 bridgehead atoms. The SMILES string of the molecule is NC(CCCCCCI)C(=O)O. The molecule has 0 saturated carbocycles. The van der Waals surface area contributed by atoms with E-state index in [1.807, 2.05) is 0 Å². The highest BCUT2D eigenvalue weighted by atomic mass is 127. The van der Waals surface area contributed by atoms with Crippen LogP contribution in [0, 0.1) is 0 Å². The van der Waals surface area contributed by atoms with E-state index in [1.165, 1.54) is 17.3 Å². The van der Waals surface area contributed by atoms with Crippen LogP contribution in [-0.4, -0.2) is 21.5 Å². The Balaban J connectivity index is 3.14. The van der Waals surface area contributed by atoms with Crippen molar-refractivity contribution in [2.75, 3.05) is 4.43 Å². The summed E-state index contributed by atoms with van der Waals surface area (Å²) >= 11 is 2.34. The molecular formula is C8H16INO2. The first-order chi connectivity index (χ1) is 5.68. The number of carbonyl (C=O) groups is 1. The van der Waals surface area contributed by atoms with Gasteiger partial charge in [0.25, 0.3) is 0 Å². The summed E-state index contributed by atoms with van der Waals surface area (Å²) in [6.07, 6.45) is 5.06. The van der Waals surface area contributed by atoms with E-state index in [4.69, 9.17) is 10.8 Å². The zero-order valence-electron chi connectivity index (χ0n) is 7.13. The summed E-state index contributed by atoms with van der Waals surface area (Å²) < 4.78 is 1.18. The lowest BCUT2D eigenvalue weighted by atomic mass is 10.1. The standard InChI is InChI=1S/C8H16INO2/c9-6-4-2-1-3-5-7(10)8(11)12/h7H,1-6,10H2,(H,11,12). The predicted molar refractivity (Wildman–Crippen MR) is 57.6 cm³/mol. The average molecular weight is 285 g/mol. The maximum absolute atomic E-state index is 10.3. The molecule has 72 valence electrons. The molecule has 0 spiro atoms. The van der Waals surface area contributed by atoms with Crippen molar-refractivity contribution in [3.05, 3.63) is 0 Å². The molecule has 3 N–H and O–H groups in total. The molecular weight excluding hydrogens is 269 g/mol. The molecule has 1 atom stereocenters. The Morgan fingerprint density at radius 3 is 2.42 bits per heavy atom. The minimum atomic E-state index is -0.885. The summed E-state index contributed by atoms with van der Waals surface area (Å²) in [7, 11) is 0. The molecule has 0 aromatic carbocycles. The smallest absolute Gasteiger partial charge is 0.320 e. The van der Waals surface area contributed by atoms with Crippen molar-refractivity contribution in [2.24, 2.45) is 5.73 Å². The largest absolute Gasteiger partial charge is 0.480 e. The molecule has 3 nitrogen and oxygen atoms in total. The first-order valence-corrected chi connectivity index (χ1v) is 5.75. The van der Waals surface area contributed by atoms with Gasteiger partial charge in [-0.15, -0.1) is 0 Å². The minimum Gasteiger partial charge on any atom is -0.480 e. The second-order valence-corrected chi connectivity index (χ2v) is 3.92. The first-order valence-electron chi connectivity index (χ1n) is 4.23. The van der Waals surface area contributed by atoms with Crippen LogP contribution < -0.4 is 5.73 Å². The first kappa shape index (κ1) is 12.2. The van der Waals surface area contributed by atoms with E-state index < -0.39 is 12.0 Å². The van der Waals surface area contributed by atoms with Crippen LogP contribution in [0.5, 0.6) is 0 Å². The van der Waals surface area contributed by atoms with E-state index >= 15 is 0 Å². The minimum absolute atomic E-state index is 0.608. The molecule has 0 rings (SSSR count). The Morgan fingerprint density at radius 2 is 1.92 bits per heavy atom. The van der Waals surface area contributed by atoms with E-state index in [0.29, 0.717) is 6.42 Å². The Kier molecular flexibility index (Phi) is 7.89. The van der Waals surface area contributed by atoms with Crippen LogP contribution in [0.4, 0.5) is 0 Å². The van der Waals surface area contributed by atoms with Crippen molar-refractivity contribution in [2.45, 2.75) is 38.1 Å². The van der Waals surface area contributed by atoms with E-state index in [9.17, 15) is 4.79 Å². The third-order valence-electron chi connectivity index (χ3n) is 1.72. The number of hydrogen-bond acceptors (Lipinski definition) is 2. The van der Waals surface area contributed by atoms with Gasteiger partial charge >= 0.3 is 5.97 Å². The Hall–Kier alpha value is 0.160. The Labute approximate surface area is 86.9 Å². The number of aliphatic carboxylic acids is 1. The van der Waals surface area contributed by atoms with Crippen LogP contribution in [0.15, 0.2) is 0 Å². The third-order valence-corrected chi connectivity index (χ3v) is 2.48. The number of rotatable bonds is 7. The average Bonchev–Trinajstić information content (AvgIpc) is 2.03. The number of carboxylic acids is 1. The molecule has 0 radical (unpaired) electrons. The van der Waals surface area contributed by atoms with Gasteiger partial charge in [-0.05, 0) is 17.3 Å². The van der Waals surface area contributed by atoms with Gasteiger partial charge in [0.2, 0.25) is 0 Å². The van der Waals surface area contributed by atoms with Gasteiger partial charge in [0.1, 0.15) is 6.04 Å². The summed E-state index contributed by atoms with van der Waals surface area (Å²) in [4.78, 5) is 10.3. The fourth-order valence-electron chi connectivity index (χ4n) is 0.936. The number of hydrogen-bond donors (Lipinski definition) is 2. The zero-order valence-corrected chi connectivity index (χ0v) is 9.29. The molecule has 0 saturated heterocycles. The van der Waals surface area contributed by atoms with Gasteiger partial charge < -0.3 is 10.8 Å². The van der Waals surface area contributed by atoms with Crippen LogP contribution in [0.25, 0.3) is 0 Å². The van der Waals surface area contributed by atoms with Crippen molar-refractivity contribution in [1.82, 2.24) is 0 Å². The lowest BCUT2D eigenvalue weighted by molar-refractivity contribution is -0.138. The Bertz CT molecular complexity index is 130. The molecule has 0 aromatic rings. The predicted octanol–water partition coefficient (Wildman–Crippen LogP) is 1.78. The van der Waals surface area contributed by atoms with Crippen LogP contribution in [0.2, 0.25) is 0 Å². The van der Waals surface area contributed by atoms with Crippen molar-refractivity contribution in [3.8, 4) is 0 Å². The normalized spacial score (nSPS) is 12.8. The summed E-state index contributed by atoms with van der Waals surface area (Å²) in [5.41, 5.74) is 5.33. The molecule has 0 fully saturated rings. The van der Waals surface area contributed by atoms with Gasteiger partial charge in [0.05, 0.1) is 0 Å². The maximum atomic E-state index is 10.3. The second kappa shape index (κ2) is 7.79. The number of alkyl halides is 1. The summed E-state index contributed by atoms with van der Waals surface area (Å²) in [5.74, 6) is -0.885. The molecule has 0 aliphatic carbocycles. The summed E-state index contributed by atoms with van der Waals surface area (Å²) in [6, 6.07) is -0.662. The molecule has 1 unspecified atom stereocenters. The van der Waals surface area contributed by atoms with Gasteiger partial charge in [-0.1, -0.05) is 41.9 Å². The van der Waals surface area contributed by atoms with Gasteiger partial charge in [0.15, 0.2) is 0 Å². The van der Waals surface area contributed by atoms with Gasteiger partial charge in [-0.25, -0.2) is 0 Å². The van der Waals surface area contributed by atoms with Crippen molar-refractivity contribution in [3.63, 3.8) is 0 Å². The maximum Gasteiger partial charge on any atom is 0.320 e. The number of carboxylic acid groups (broad SMARTS) is 1. The monoisotopic (exact) mass is 285 g/mol. The van der Waals surface area contributed by atoms with Gasteiger partial charge in [0, 0.05) is 0 Å². The number of unbranched alkanes of at least 4 members (excludes halogenated alkanes) is 3. The van der Waals surface area contributed by atoms with Crippen molar-refractivity contribution < 1.29 is 9.90 Å². The number of halogens is 1. The van der Waals surface area contributed by atoms with Crippen LogP contribution in [0.3, 0.4) is 0 Å². The Morgan fingerprint density at radius 1 is 1.33 bits per heavy atom. The number of nitrogens with two attached hydrogens (primary N) is 1. The van der Waals surface area contributed by atoms with Crippen LogP contribution >= 0.6 is 22.6 Å². The zero-order chi connectivity index (χ0) is 9.40. The molecule has 0 aromatic heterocycles. The topological polar surface area (TPSA) is 63.3 Å². The van der Waals surface area contributed by atoms with E-state index in [0.717, 1.165) is 12.8 Å². The summed E-state index contributed by atoms with van der Waals surface area (Å²) in [5, 5.41) is 8.46. The fourth-order valence-corrected chi connectivity index (χ4v) is 1.48. The molecule has 0 heterocycles.